The smallest absolute Gasteiger partial charge is 0.271 e. The highest BCUT2D eigenvalue weighted by atomic mass is 16.3. The predicted octanol–water partition coefficient (Wildman–Crippen LogP) is 4.67. The molecule has 0 unspecified atom stereocenters. The Kier molecular flexibility index (Phi) is 6.93. The predicted molar refractivity (Wildman–Crippen MR) is 141 cm³/mol. The first-order valence-corrected chi connectivity index (χ1v) is 13.3. The van der Waals surface area contributed by atoms with Crippen LogP contribution in [0.3, 0.4) is 0 Å². The van der Waals surface area contributed by atoms with E-state index < -0.39 is 5.54 Å². The van der Waals surface area contributed by atoms with Crippen LogP contribution in [-0.2, 0) is 17.9 Å². The summed E-state index contributed by atoms with van der Waals surface area (Å²) in [6, 6.07) is 14.3. The molecule has 1 aliphatic carbocycles. The molecule has 0 bridgehead atoms. The Bertz CT molecular complexity index is 1210. The number of hydrogen-bond donors (Lipinski definition) is 1. The minimum absolute atomic E-state index is 0.0518. The van der Waals surface area contributed by atoms with E-state index in [4.69, 9.17) is 4.42 Å². The molecule has 1 N–H and O–H groups in total. The van der Waals surface area contributed by atoms with Crippen molar-refractivity contribution in [2.75, 3.05) is 20.1 Å². The summed E-state index contributed by atoms with van der Waals surface area (Å²) in [5, 5.41) is 3.32. The molecule has 1 saturated carbocycles. The molecule has 3 aromatic rings. The molecule has 1 aromatic carbocycles. The Morgan fingerprint density at radius 2 is 1.92 bits per heavy atom. The van der Waals surface area contributed by atoms with Crippen molar-refractivity contribution in [2.45, 2.75) is 70.6 Å². The number of carbonyl (C=O) groups is 2. The van der Waals surface area contributed by atoms with E-state index in [1.807, 2.05) is 29.7 Å². The molecule has 2 aromatic heterocycles. The van der Waals surface area contributed by atoms with Crippen LogP contribution in [0.2, 0.25) is 0 Å². The summed E-state index contributed by atoms with van der Waals surface area (Å²) in [7, 11) is 2.10. The quantitative estimate of drug-likeness (QED) is 0.498. The lowest BCUT2D eigenvalue weighted by Crippen LogP contribution is -2.65. The summed E-state index contributed by atoms with van der Waals surface area (Å²) in [5.74, 6) is 0.559. The van der Waals surface area contributed by atoms with Crippen LogP contribution < -0.4 is 5.32 Å². The average Bonchev–Trinajstić information content (AvgIpc) is 3.46. The number of amides is 2. The third-order valence-electron chi connectivity index (χ3n) is 8.11. The fraction of sp³-hybridized carbons (Fsp3) is 0.517. The van der Waals surface area contributed by atoms with Gasteiger partial charge in [0, 0.05) is 31.3 Å². The number of aromatic nitrogens is 1. The molecule has 7 heteroatoms. The van der Waals surface area contributed by atoms with Gasteiger partial charge in [0.25, 0.3) is 5.91 Å². The van der Waals surface area contributed by atoms with E-state index in [2.05, 4.69) is 48.5 Å². The molecule has 7 nitrogen and oxygen atoms in total. The maximum absolute atomic E-state index is 13.8. The van der Waals surface area contributed by atoms with Crippen LogP contribution in [0, 0.1) is 5.92 Å². The number of hydrogen-bond acceptors (Lipinski definition) is 4. The molecule has 0 saturated heterocycles. The molecule has 0 radical (unpaired) electrons. The fourth-order valence-electron chi connectivity index (χ4n) is 5.84. The largest absolute Gasteiger partial charge is 0.463 e. The standard InChI is InChI=1S/C29H38N4O3/c1-21-10-12-23(13-11-21)30-28(35)29(2)20-32-24-14-17-36-26(24)18-25(32)27(34)33(29)16-7-15-31(3)19-22-8-5-4-6-9-22/h4-6,8-9,14,17-18,21,23H,7,10-13,15-16,19-20H2,1-3H3,(H,30,35)/t21?,23?,29-/m1/s1. The lowest BCUT2D eigenvalue weighted by molar-refractivity contribution is -0.133. The summed E-state index contributed by atoms with van der Waals surface area (Å²) < 4.78 is 7.54. The average molecular weight is 491 g/mol. The molecule has 3 heterocycles. The Morgan fingerprint density at radius 3 is 2.67 bits per heavy atom. The molecule has 1 fully saturated rings. The van der Waals surface area contributed by atoms with Gasteiger partial charge >= 0.3 is 0 Å². The topological polar surface area (TPSA) is 70.7 Å². The minimum atomic E-state index is -0.964. The number of rotatable bonds is 8. The van der Waals surface area contributed by atoms with Crippen molar-refractivity contribution in [1.82, 2.24) is 19.7 Å². The van der Waals surface area contributed by atoms with E-state index in [0.29, 0.717) is 30.3 Å². The van der Waals surface area contributed by atoms with Gasteiger partial charge in [0.2, 0.25) is 5.91 Å². The highest BCUT2D eigenvalue weighted by molar-refractivity contribution is 6.02. The van der Waals surface area contributed by atoms with Gasteiger partial charge in [-0.05, 0) is 64.1 Å². The van der Waals surface area contributed by atoms with Crippen LogP contribution >= 0.6 is 0 Å². The van der Waals surface area contributed by atoms with Crippen LogP contribution in [0.1, 0.15) is 62.0 Å². The minimum Gasteiger partial charge on any atom is -0.463 e. The van der Waals surface area contributed by atoms with E-state index in [1.54, 1.807) is 11.2 Å². The first-order chi connectivity index (χ1) is 17.3. The van der Waals surface area contributed by atoms with Crippen molar-refractivity contribution < 1.29 is 14.0 Å². The molecule has 5 rings (SSSR count). The van der Waals surface area contributed by atoms with Crippen LogP contribution in [0.4, 0.5) is 0 Å². The molecule has 1 aliphatic heterocycles. The van der Waals surface area contributed by atoms with E-state index >= 15 is 0 Å². The van der Waals surface area contributed by atoms with Crippen LogP contribution in [0.15, 0.2) is 53.1 Å². The first-order valence-electron chi connectivity index (χ1n) is 13.3. The third-order valence-corrected chi connectivity index (χ3v) is 8.11. The van der Waals surface area contributed by atoms with Gasteiger partial charge in [0.05, 0.1) is 18.3 Å². The van der Waals surface area contributed by atoms with Crippen LogP contribution in [-0.4, -0.2) is 57.9 Å². The van der Waals surface area contributed by atoms with Gasteiger partial charge in [-0.3, -0.25) is 9.59 Å². The lowest BCUT2D eigenvalue weighted by atomic mass is 9.86. The Labute approximate surface area is 213 Å². The van der Waals surface area contributed by atoms with Gasteiger partial charge in [0.15, 0.2) is 5.58 Å². The molecule has 1 atom stereocenters. The molecule has 36 heavy (non-hydrogen) atoms. The second kappa shape index (κ2) is 10.1. The number of carbonyl (C=O) groups excluding carboxylic acids is 2. The van der Waals surface area contributed by atoms with Crippen molar-refractivity contribution in [2.24, 2.45) is 5.92 Å². The SMILES string of the molecule is CC1CCC(NC(=O)[C@@]2(C)Cn3c(cc4occc43)C(=O)N2CCCN(C)Cc2ccccc2)CC1. The Balaban J connectivity index is 1.33. The van der Waals surface area contributed by atoms with Crippen molar-refractivity contribution in [3.8, 4) is 0 Å². The van der Waals surface area contributed by atoms with Crippen molar-refractivity contribution in [1.29, 1.82) is 0 Å². The highest BCUT2D eigenvalue weighted by Crippen LogP contribution is 2.33. The summed E-state index contributed by atoms with van der Waals surface area (Å²) in [6.07, 6.45) is 6.70. The summed E-state index contributed by atoms with van der Waals surface area (Å²) in [6.45, 7) is 6.84. The van der Waals surface area contributed by atoms with Gasteiger partial charge in [-0.2, -0.15) is 0 Å². The number of nitrogens with one attached hydrogen (secondary N) is 1. The van der Waals surface area contributed by atoms with E-state index in [-0.39, 0.29) is 17.9 Å². The summed E-state index contributed by atoms with van der Waals surface area (Å²) in [5.41, 5.74) is 2.45. The van der Waals surface area contributed by atoms with Crippen LogP contribution in [0.5, 0.6) is 0 Å². The van der Waals surface area contributed by atoms with Gasteiger partial charge in [-0.25, -0.2) is 0 Å². The Morgan fingerprint density at radius 1 is 1.17 bits per heavy atom. The zero-order chi connectivity index (χ0) is 25.3. The maximum atomic E-state index is 13.8. The van der Waals surface area contributed by atoms with Crippen molar-refractivity contribution >= 4 is 22.9 Å². The molecular weight excluding hydrogens is 452 g/mol. The zero-order valence-electron chi connectivity index (χ0n) is 21.7. The number of furan rings is 1. The second-order valence-corrected chi connectivity index (χ2v) is 11.0. The Hall–Kier alpha value is -3.06. The molecule has 0 spiro atoms. The van der Waals surface area contributed by atoms with Gasteiger partial charge in [-0.1, -0.05) is 37.3 Å². The molecule has 2 aliphatic rings. The van der Waals surface area contributed by atoms with E-state index in [9.17, 15) is 9.59 Å². The fourth-order valence-corrected chi connectivity index (χ4v) is 5.84. The van der Waals surface area contributed by atoms with Crippen molar-refractivity contribution in [3.63, 3.8) is 0 Å². The monoisotopic (exact) mass is 490 g/mol. The lowest BCUT2D eigenvalue weighted by Gasteiger charge is -2.45. The van der Waals surface area contributed by atoms with Crippen molar-refractivity contribution in [3.05, 3.63) is 60.0 Å². The maximum Gasteiger partial charge on any atom is 0.271 e. The van der Waals surface area contributed by atoms with E-state index in [1.165, 1.54) is 5.56 Å². The van der Waals surface area contributed by atoms with E-state index in [0.717, 1.165) is 50.7 Å². The second-order valence-electron chi connectivity index (χ2n) is 11.0. The number of nitrogens with zero attached hydrogens (tertiary/aromatic N) is 3. The summed E-state index contributed by atoms with van der Waals surface area (Å²) >= 11 is 0. The van der Waals surface area contributed by atoms with Gasteiger partial charge in [-0.15, -0.1) is 0 Å². The number of benzene rings is 1. The van der Waals surface area contributed by atoms with Crippen LogP contribution in [0.25, 0.3) is 11.1 Å². The highest BCUT2D eigenvalue weighted by Gasteiger charge is 2.48. The molecule has 2 amide bonds. The summed E-state index contributed by atoms with van der Waals surface area (Å²) in [4.78, 5) is 31.7. The molecule has 192 valence electrons. The van der Waals surface area contributed by atoms with Gasteiger partial charge in [0.1, 0.15) is 11.2 Å². The first kappa shape index (κ1) is 24.6. The third kappa shape index (κ3) is 4.81. The number of fused-ring (bicyclic) bond motifs is 3. The normalized spacial score (nSPS) is 24.3. The zero-order valence-corrected chi connectivity index (χ0v) is 21.7. The van der Waals surface area contributed by atoms with Gasteiger partial charge < -0.3 is 24.1 Å². The molecular formula is C29H38N4O3.